The summed E-state index contributed by atoms with van der Waals surface area (Å²) >= 11 is 8.90. The van der Waals surface area contributed by atoms with Crippen LogP contribution in [0.3, 0.4) is 0 Å². The quantitative estimate of drug-likeness (QED) is 0.596. The summed E-state index contributed by atoms with van der Waals surface area (Å²) in [6, 6.07) is 11.5. The van der Waals surface area contributed by atoms with Crippen LogP contribution >= 0.6 is 34.7 Å². The standard InChI is InChI=1S/C17H17ClN4OS2/c1-21(10-12-5-7-13(18)8-6-12)15(23)11-25-17-20-19-16(22(17)2)14-4-3-9-24-14/h3-9H,10-11H2,1-2H3. The van der Waals surface area contributed by atoms with Crippen molar-refractivity contribution in [2.24, 2.45) is 7.05 Å². The number of thiophene rings is 1. The Morgan fingerprint density at radius 3 is 2.72 bits per heavy atom. The second-order valence-corrected chi connectivity index (χ2v) is 7.83. The van der Waals surface area contributed by atoms with Crippen LogP contribution in [0.15, 0.2) is 46.9 Å². The summed E-state index contributed by atoms with van der Waals surface area (Å²) in [5, 5.41) is 11.8. The van der Waals surface area contributed by atoms with Crippen molar-refractivity contribution < 1.29 is 4.79 Å². The number of carbonyl (C=O) groups excluding carboxylic acids is 1. The van der Waals surface area contributed by atoms with E-state index in [-0.39, 0.29) is 5.91 Å². The summed E-state index contributed by atoms with van der Waals surface area (Å²) in [6.45, 7) is 0.551. The van der Waals surface area contributed by atoms with Crippen LogP contribution in [-0.4, -0.2) is 38.4 Å². The number of benzene rings is 1. The molecule has 0 radical (unpaired) electrons. The molecule has 0 saturated heterocycles. The van der Waals surface area contributed by atoms with E-state index in [0.29, 0.717) is 17.3 Å². The molecule has 0 N–H and O–H groups in total. The van der Waals surface area contributed by atoms with Gasteiger partial charge in [-0.25, -0.2) is 0 Å². The van der Waals surface area contributed by atoms with Crippen LogP contribution < -0.4 is 0 Å². The molecule has 0 saturated carbocycles. The molecule has 25 heavy (non-hydrogen) atoms. The normalized spacial score (nSPS) is 10.8. The van der Waals surface area contributed by atoms with Crippen LogP contribution in [0.2, 0.25) is 5.02 Å². The second-order valence-electron chi connectivity index (χ2n) is 5.51. The summed E-state index contributed by atoms with van der Waals surface area (Å²) in [4.78, 5) is 15.1. The number of halogens is 1. The van der Waals surface area contributed by atoms with Crippen molar-refractivity contribution in [1.82, 2.24) is 19.7 Å². The van der Waals surface area contributed by atoms with Crippen LogP contribution in [0, 0.1) is 0 Å². The van der Waals surface area contributed by atoms with Gasteiger partial charge in [0.2, 0.25) is 5.91 Å². The van der Waals surface area contributed by atoms with Crippen LogP contribution in [0.1, 0.15) is 5.56 Å². The van der Waals surface area contributed by atoms with Crippen molar-refractivity contribution in [3.8, 4) is 10.7 Å². The summed E-state index contributed by atoms with van der Waals surface area (Å²) in [6.07, 6.45) is 0. The third-order valence-corrected chi connectivity index (χ3v) is 5.78. The van der Waals surface area contributed by atoms with Gasteiger partial charge >= 0.3 is 0 Å². The van der Waals surface area contributed by atoms with Crippen LogP contribution in [0.5, 0.6) is 0 Å². The molecule has 0 fully saturated rings. The van der Waals surface area contributed by atoms with Gasteiger partial charge in [-0.15, -0.1) is 21.5 Å². The molecule has 0 bridgehead atoms. The molecule has 0 aliphatic carbocycles. The number of carbonyl (C=O) groups is 1. The highest BCUT2D eigenvalue weighted by atomic mass is 35.5. The minimum atomic E-state index is 0.0422. The smallest absolute Gasteiger partial charge is 0.233 e. The summed E-state index contributed by atoms with van der Waals surface area (Å²) < 4.78 is 1.92. The van der Waals surface area contributed by atoms with E-state index in [4.69, 9.17) is 11.6 Å². The Bertz CT molecular complexity index is 846. The molecule has 0 aliphatic heterocycles. The summed E-state index contributed by atoms with van der Waals surface area (Å²) in [7, 11) is 3.71. The lowest BCUT2D eigenvalue weighted by Gasteiger charge is -2.17. The second kappa shape index (κ2) is 8.03. The van der Waals surface area contributed by atoms with E-state index in [0.717, 1.165) is 21.4 Å². The molecule has 8 heteroatoms. The fourth-order valence-electron chi connectivity index (χ4n) is 2.25. The number of hydrogen-bond donors (Lipinski definition) is 0. The fourth-order valence-corrected chi connectivity index (χ4v) is 3.97. The molecule has 2 aromatic heterocycles. The lowest BCUT2D eigenvalue weighted by atomic mass is 10.2. The van der Waals surface area contributed by atoms with E-state index in [1.54, 1.807) is 23.3 Å². The van der Waals surface area contributed by atoms with Crippen molar-refractivity contribution in [3.63, 3.8) is 0 Å². The van der Waals surface area contributed by atoms with E-state index >= 15 is 0 Å². The monoisotopic (exact) mass is 392 g/mol. The van der Waals surface area contributed by atoms with E-state index < -0.39 is 0 Å². The third kappa shape index (κ3) is 4.42. The predicted molar refractivity (Wildman–Crippen MR) is 103 cm³/mol. The van der Waals surface area contributed by atoms with E-state index in [2.05, 4.69) is 10.2 Å². The maximum atomic E-state index is 12.4. The first-order valence-corrected chi connectivity index (χ1v) is 9.83. The number of nitrogens with zero attached hydrogens (tertiary/aromatic N) is 4. The van der Waals surface area contributed by atoms with Gasteiger partial charge in [0.25, 0.3) is 0 Å². The van der Waals surface area contributed by atoms with E-state index in [1.165, 1.54) is 11.8 Å². The first-order chi connectivity index (χ1) is 12.0. The SMILES string of the molecule is CN(Cc1ccc(Cl)cc1)C(=O)CSc1nnc(-c2cccs2)n1C. The zero-order valence-corrected chi connectivity index (χ0v) is 16.2. The van der Waals surface area contributed by atoms with Gasteiger partial charge in [0, 0.05) is 25.7 Å². The van der Waals surface area contributed by atoms with Crippen LogP contribution in [-0.2, 0) is 18.4 Å². The molecule has 1 aromatic carbocycles. The fraction of sp³-hybridized carbons (Fsp3) is 0.235. The molecule has 0 atom stereocenters. The van der Waals surface area contributed by atoms with Crippen LogP contribution in [0.25, 0.3) is 10.7 Å². The molecule has 0 aliphatic rings. The van der Waals surface area contributed by atoms with Gasteiger partial charge in [-0.2, -0.15) is 0 Å². The van der Waals surface area contributed by atoms with Gasteiger partial charge in [0.1, 0.15) is 0 Å². The minimum Gasteiger partial charge on any atom is -0.341 e. The zero-order chi connectivity index (χ0) is 17.8. The topological polar surface area (TPSA) is 51.0 Å². The predicted octanol–water partition coefficient (Wildman–Crippen LogP) is 3.95. The molecular weight excluding hydrogens is 376 g/mol. The number of amides is 1. The highest BCUT2D eigenvalue weighted by Gasteiger charge is 2.15. The summed E-state index contributed by atoms with van der Waals surface area (Å²) in [5.74, 6) is 1.18. The molecular formula is C17H17ClN4OS2. The van der Waals surface area contributed by atoms with Crippen LogP contribution in [0.4, 0.5) is 0 Å². The average Bonchev–Trinajstić information content (AvgIpc) is 3.24. The Morgan fingerprint density at radius 2 is 2.04 bits per heavy atom. The Hall–Kier alpha value is -1.83. The largest absolute Gasteiger partial charge is 0.341 e. The first kappa shape index (κ1) is 18.0. The highest BCUT2D eigenvalue weighted by molar-refractivity contribution is 7.99. The van der Waals surface area contributed by atoms with Crippen molar-refractivity contribution in [2.75, 3.05) is 12.8 Å². The van der Waals surface area contributed by atoms with Crippen molar-refractivity contribution in [3.05, 3.63) is 52.4 Å². The van der Waals surface area contributed by atoms with Crippen molar-refractivity contribution >= 4 is 40.6 Å². The third-order valence-electron chi connectivity index (χ3n) is 3.66. The lowest BCUT2D eigenvalue weighted by Crippen LogP contribution is -2.27. The van der Waals surface area contributed by atoms with Crippen molar-refractivity contribution in [2.45, 2.75) is 11.7 Å². The Labute approximate surface area is 159 Å². The highest BCUT2D eigenvalue weighted by Crippen LogP contribution is 2.26. The van der Waals surface area contributed by atoms with Gasteiger partial charge in [-0.3, -0.25) is 4.79 Å². The first-order valence-electron chi connectivity index (χ1n) is 7.59. The number of thioether (sulfide) groups is 1. The Kier molecular flexibility index (Phi) is 5.78. The van der Waals surface area contributed by atoms with Gasteiger partial charge in [0.15, 0.2) is 11.0 Å². The van der Waals surface area contributed by atoms with Gasteiger partial charge < -0.3 is 9.47 Å². The van der Waals surface area contributed by atoms with Gasteiger partial charge in [0.05, 0.1) is 10.6 Å². The average molecular weight is 393 g/mol. The number of hydrogen-bond acceptors (Lipinski definition) is 5. The van der Waals surface area contributed by atoms with E-state index in [1.807, 2.05) is 53.4 Å². The summed E-state index contributed by atoms with van der Waals surface area (Å²) in [5.41, 5.74) is 1.05. The maximum absolute atomic E-state index is 12.4. The molecule has 5 nitrogen and oxygen atoms in total. The number of rotatable bonds is 6. The lowest BCUT2D eigenvalue weighted by molar-refractivity contribution is -0.127. The molecule has 0 spiro atoms. The molecule has 2 heterocycles. The van der Waals surface area contributed by atoms with Crippen molar-refractivity contribution in [1.29, 1.82) is 0 Å². The zero-order valence-electron chi connectivity index (χ0n) is 13.8. The maximum Gasteiger partial charge on any atom is 0.233 e. The molecule has 130 valence electrons. The van der Waals surface area contributed by atoms with Gasteiger partial charge in [-0.05, 0) is 29.1 Å². The number of aromatic nitrogens is 3. The molecule has 1 amide bonds. The molecule has 0 unspecified atom stereocenters. The molecule has 3 rings (SSSR count). The Morgan fingerprint density at radius 1 is 1.28 bits per heavy atom. The molecule has 3 aromatic rings. The van der Waals surface area contributed by atoms with E-state index in [9.17, 15) is 4.79 Å². The Balaban J connectivity index is 1.58. The van der Waals surface area contributed by atoms with Gasteiger partial charge in [-0.1, -0.05) is 41.6 Å². The minimum absolute atomic E-state index is 0.0422.